The van der Waals surface area contributed by atoms with Crippen LogP contribution in [0, 0.1) is 5.92 Å². The van der Waals surface area contributed by atoms with Crippen LogP contribution in [0.15, 0.2) is 54.6 Å². The average Bonchev–Trinajstić information content (AvgIpc) is 2.99. The highest BCUT2D eigenvalue weighted by Crippen LogP contribution is 2.44. The van der Waals surface area contributed by atoms with Gasteiger partial charge in [-0.15, -0.1) is 0 Å². The van der Waals surface area contributed by atoms with Gasteiger partial charge < -0.3 is 38.6 Å². The Morgan fingerprint density at radius 1 is 0.750 bits per heavy atom. The smallest absolute Gasteiger partial charge is 0.229 e. The summed E-state index contributed by atoms with van der Waals surface area (Å²) in [4.78, 5) is 29.0. The molecular weight excluding hydrogens is 516 g/mol. The van der Waals surface area contributed by atoms with Crippen LogP contribution in [-0.4, -0.2) is 54.5 Å². The molecule has 2 atom stereocenters. The summed E-state index contributed by atoms with van der Waals surface area (Å²) in [6.45, 7) is 0. The first-order chi connectivity index (χ1) is 19.4. The average molecular weight is 551 g/mol. The normalized spacial score (nSPS) is 16.6. The largest absolute Gasteiger partial charge is 0.497 e. The Morgan fingerprint density at radius 3 is 1.93 bits per heavy atom. The first-order valence-electron chi connectivity index (χ1n) is 12.7. The molecule has 3 aromatic carbocycles. The van der Waals surface area contributed by atoms with E-state index in [4.69, 9.17) is 28.4 Å². The lowest BCUT2D eigenvalue weighted by atomic mass is 9.83. The molecule has 0 aliphatic carbocycles. The summed E-state index contributed by atoms with van der Waals surface area (Å²) >= 11 is 0. The molecule has 0 radical (unpaired) electrons. The Balaban J connectivity index is 1.78. The van der Waals surface area contributed by atoms with E-state index in [2.05, 4.69) is 5.32 Å². The van der Waals surface area contributed by atoms with Crippen molar-refractivity contribution in [3.05, 3.63) is 60.2 Å². The van der Waals surface area contributed by atoms with E-state index in [-0.39, 0.29) is 18.2 Å². The lowest BCUT2D eigenvalue weighted by Gasteiger charge is -2.41. The number of piperidine rings is 1. The summed E-state index contributed by atoms with van der Waals surface area (Å²) in [5.74, 6) is 1.98. The predicted octanol–water partition coefficient (Wildman–Crippen LogP) is 4.86. The Bertz CT molecular complexity index is 1330. The van der Waals surface area contributed by atoms with Gasteiger partial charge in [0.1, 0.15) is 5.75 Å². The third-order valence-corrected chi connectivity index (χ3v) is 6.97. The third kappa shape index (κ3) is 5.56. The van der Waals surface area contributed by atoms with Crippen LogP contribution in [0.2, 0.25) is 0 Å². The molecule has 0 spiro atoms. The minimum atomic E-state index is -0.628. The van der Waals surface area contributed by atoms with Crippen LogP contribution < -0.4 is 38.6 Å². The number of nitrogens with one attached hydrogen (secondary N) is 1. The van der Waals surface area contributed by atoms with Crippen LogP contribution >= 0.6 is 0 Å². The zero-order valence-corrected chi connectivity index (χ0v) is 23.5. The number of hydrogen-bond donors (Lipinski definition) is 1. The van der Waals surface area contributed by atoms with E-state index >= 15 is 0 Å². The molecule has 2 amide bonds. The van der Waals surface area contributed by atoms with E-state index < -0.39 is 12.0 Å². The molecule has 1 aliphatic rings. The van der Waals surface area contributed by atoms with Gasteiger partial charge in [0.15, 0.2) is 23.0 Å². The first kappa shape index (κ1) is 28.4. The Hall–Kier alpha value is -4.60. The topological polar surface area (TPSA) is 105 Å². The lowest BCUT2D eigenvalue weighted by Crippen LogP contribution is -2.47. The fourth-order valence-corrected chi connectivity index (χ4v) is 5.02. The van der Waals surface area contributed by atoms with E-state index in [1.807, 2.05) is 18.2 Å². The fourth-order valence-electron chi connectivity index (χ4n) is 5.02. The van der Waals surface area contributed by atoms with Gasteiger partial charge in [0.25, 0.3) is 0 Å². The highest BCUT2D eigenvalue weighted by atomic mass is 16.5. The quantitative estimate of drug-likeness (QED) is 0.382. The molecule has 3 aromatic rings. The van der Waals surface area contributed by atoms with Crippen molar-refractivity contribution in [2.45, 2.75) is 18.9 Å². The van der Waals surface area contributed by atoms with Crippen LogP contribution in [0.4, 0.5) is 11.4 Å². The number of methoxy groups -OCH3 is 6. The Morgan fingerprint density at radius 2 is 1.38 bits per heavy atom. The van der Waals surface area contributed by atoms with Gasteiger partial charge in [0, 0.05) is 29.9 Å². The number of carbonyl (C=O) groups is 2. The number of nitrogens with zero attached hydrogens (tertiary/aromatic N) is 1. The number of benzene rings is 3. The van der Waals surface area contributed by atoms with Gasteiger partial charge >= 0.3 is 0 Å². The Labute approximate surface area is 233 Å². The molecule has 40 heavy (non-hydrogen) atoms. The molecule has 0 aromatic heterocycles. The summed E-state index contributed by atoms with van der Waals surface area (Å²) in [5.41, 5.74) is 1.85. The van der Waals surface area contributed by atoms with Crippen LogP contribution in [0.1, 0.15) is 24.4 Å². The Kier molecular flexibility index (Phi) is 8.88. The maximum atomic E-state index is 13.9. The minimum Gasteiger partial charge on any atom is -0.497 e. The molecule has 0 unspecified atom stereocenters. The second-order valence-electron chi connectivity index (χ2n) is 9.07. The van der Waals surface area contributed by atoms with Gasteiger partial charge in [0.2, 0.25) is 17.6 Å². The molecule has 1 fully saturated rings. The SMILES string of the molecule is COc1ccc(N2C(=O)CC[C@@H](C(=O)Nc3cc(OC)c(OC)c(OC)c3)[C@@H]2c2ccc(OC)c(OC)c2)cc1. The van der Waals surface area contributed by atoms with Gasteiger partial charge in [-0.25, -0.2) is 0 Å². The first-order valence-corrected chi connectivity index (χ1v) is 12.7. The van der Waals surface area contributed by atoms with E-state index in [0.717, 1.165) is 5.56 Å². The number of hydrogen-bond acceptors (Lipinski definition) is 8. The molecule has 1 heterocycles. The summed E-state index contributed by atoms with van der Waals surface area (Å²) in [6.07, 6.45) is 0.546. The highest BCUT2D eigenvalue weighted by molar-refractivity contribution is 6.00. The lowest BCUT2D eigenvalue weighted by molar-refractivity contribution is -0.125. The zero-order chi connectivity index (χ0) is 28.8. The van der Waals surface area contributed by atoms with Crippen LogP contribution in [0.25, 0.3) is 0 Å². The van der Waals surface area contributed by atoms with Crippen molar-refractivity contribution in [2.24, 2.45) is 5.92 Å². The number of ether oxygens (including phenoxy) is 6. The number of rotatable bonds is 10. The van der Waals surface area contributed by atoms with E-state index in [0.29, 0.717) is 52.3 Å². The van der Waals surface area contributed by atoms with Crippen LogP contribution in [-0.2, 0) is 9.59 Å². The van der Waals surface area contributed by atoms with Crippen molar-refractivity contribution in [1.29, 1.82) is 0 Å². The fraction of sp³-hybridized carbons (Fsp3) is 0.333. The molecule has 10 heteroatoms. The second kappa shape index (κ2) is 12.5. The monoisotopic (exact) mass is 550 g/mol. The predicted molar refractivity (Wildman–Crippen MR) is 150 cm³/mol. The van der Waals surface area contributed by atoms with Gasteiger partial charge in [0.05, 0.1) is 54.6 Å². The molecule has 0 bridgehead atoms. The van der Waals surface area contributed by atoms with Crippen molar-refractivity contribution in [3.63, 3.8) is 0 Å². The number of amides is 2. The molecule has 1 N–H and O–H groups in total. The number of carbonyl (C=O) groups excluding carboxylic acids is 2. The zero-order valence-electron chi connectivity index (χ0n) is 23.5. The van der Waals surface area contributed by atoms with E-state index in [1.165, 1.54) is 21.3 Å². The molecule has 1 saturated heterocycles. The van der Waals surface area contributed by atoms with Gasteiger partial charge in [-0.05, 0) is 48.4 Å². The molecule has 4 rings (SSSR count). The number of anilines is 2. The van der Waals surface area contributed by atoms with Crippen LogP contribution in [0.5, 0.6) is 34.5 Å². The van der Waals surface area contributed by atoms with Crippen molar-refractivity contribution < 1.29 is 38.0 Å². The van der Waals surface area contributed by atoms with E-state index in [9.17, 15) is 9.59 Å². The van der Waals surface area contributed by atoms with E-state index in [1.54, 1.807) is 62.6 Å². The van der Waals surface area contributed by atoms with Crippen molar-refractivity contribution >= 4 is 23.2 Å². The van der Waals surface area contributed by atoms with Crippen molar-refractivity contribution in [1.82, 2.24) is 0 Å². The molecule has 10 nitrogen and oxygen atoms in total. The molecule has 212 valence electrons. The highest BCUT2D eigenvalue weighted by Gasteiger charge is 2.42. The summed E-state index contributed by atoms with van der Waals surface area (Å²) in [7, 11) is 9.21. The molecule has 0 saturated carbocycles. The summed E-state index contributed by atoms with van der Waals surface area (Å²) in [5, 5.41) is 3.00. The van der Waals surface area contributed by atoms with Gasteiger partial charge in [-0.1, -0.05) is 6.07 Å². The summed E-state index contributed by atoms with van der Waals surface area (Å²) < 4.78 is 32.6. The maximum absolute atomic E-state index is 13.9. The van der Waals surface area contributed by atoms with Gasteiger partial charge in [-0.3, -0.25) is 9.59 Å². The molecule has 1 aliphatic heterocycles. The molecular formula is C30H34N2O8. The maximum Gasteiger partial charge on any atom is 0.229 e. The van der Waals surface area contributed by atoms with Crippen molar-refractivity contribution in [2.75, 3.05) is 52.9 Å². The van der Waals surface area contributed by atoms with Gasteiger partial charge in [-0.2, -0.15) is 0 Å². The van der Waals surface area contributed by atoms with Crippen LogP contribution in [0.3, 0.4) is 0 Å². The van der Waals surface area contributed by atoms with Crippen molar-refractivity contribution in [3.8, 4) is 34.5 Å². The standard InChI is InChI=1S/C30H34N2O8/c1-35-21-10-8-20(9-11-21)32-27(33)14-12-22(28(32)18-7-13-23(36-2)24(15-18)37-3)30(34)31-19-16-25(38-4)29(40-6)26(17-19)39-5/h7-11,13,15-17,22,28H,12,14H2,1-6H3,(H,31,34)/t22-,28+/m1/s1. The third-order valence-electron chi connectivity index (χ3n) is 6.97. The second-order valence-corrected chi connectivity index (χ2v) is 9.07. The minimum absolute atomic E-state index is 0.0956. The summed E-state index contributed by atoms with van der Waals surface area (Å²) in [6, 6.07) is 15.3.